The van der Waals surface area contributed by atoms with Crippen molar-refractivity contribution in [3.05, 3.63) is 18.0 Å². The number of amides is 1. The minimum atomic E-state index is -0.602. The number of nitrogens with one attached hydrogen (secondary N) is 1. The summed E-state index contributed by atoms with van der Waals surface area (Å²) in [6, 6.07) is 2.00. The maximum atomic E-state index is 12.3. The van der Waals surface area contributed by atoms with Crippen molar-refractivity contribution in [2.24, 2.45) is 5.41 Å². The third-order valence-electron chi connectivity index (χ3n) is 4.96. The van der Waals surface area contributed by atoms with Crippen LogP contribution in [-0.2, 0) is 11.3 Å². The van der Waals surface area contributed by atoms with Gasteiger partial charge in [0.2, 0.25) is 5.91 Å². The smallest absolute Gasteiger partial charge is 0.230 e. The minimum absolute atomic E-state index is 0.0289. The number of carbonyl (C=O) groups excluding carboxylic acids is 1. The van der Waals surface area contributed by atoms with Gasteiger partial charge in [-0.25, -0.2) is 0 Å². The van der Waals surface area contributed by atoms with Crippen molar-refractivity contribution in [3.63, 3.8) is 0 Å². The highest BCUT2D eigenvalue weighted by Crippen LogP contribution is 2.37. The number of hydrogen-bond donors (Lipinski definition) is 2. The SMILES string of the molecule is Cc1ccnn1CCN1CC[C@H](O)[C@@]2(CCCNC2=O)C1. The van der Waals surface area contributed by atoms with Crippen LogP contribution in [0, 0.1) is 12.3 Å². The fourth-order valence-corrected chi connectivity index (χ4v) is 3.59. The Balaban J connectivity index is 1.65. The van der Waals surface area contributed by atoms with Gasteiger partial charge in [-0.1, -0.05) is 0 Å². The van der Waals surface area contributed by atoms with E-state index in [0.717, 1.165) is 44.7 Å². The molecule has 2 aliphatic rings. The first-order valence-electron chi connectivity index (χ1n) is 7.79. The van der Waals surface area contributed by atoms with Gasteiger partial charge >= 0.3 is 0 Å². The molecule has 6 heteroatoms. The molecule has 0 saturated carbocycles. The molecule has 1 spiro atoms. The lowest BCUT2D eigenvalue weighted by molar-refractivity contribution is -0.149. The van der Waals surface area contributed by atoms with E-state index in [1.165, 1.54) is 0 Å². The van der Waals surface area contributed by atoms with Crippen molar-refractivity contribution in [1.82, 2.24) is 20.0 Å². The third kappa shape index (κ3) is 2.70. The number of aliphatic hydroxyl groups excluding tert-OH is 1. The predicted octanol–water partition coefficient (Wildman–Crippen LogP) is 0.155. The fraction of sp³-hybridized carbons (Fsp3) is 0.733. The maximum absolute atomic E-state index is 12.3. The van der Waals surface area contributed by atoms with E-state index in [-0.39, 0.29) is 5.91 Å². The molecular weight excluding hydrogens is 268 g/mol. The predicted molar refractivity (Wildman–Crippen MR) is 78.7 cm³/mol. The Morgan fingerprint density at radius 2 is 2.38 bits per heavy atom. The number of hydrogen-bond acceptors (Lipinski definition) is 4. The lowest BCUT2D eigenvalue weighted by atomic mass is 9.71. The van der Waals surface area contributed by atoms with Crippen LogP contribution in [0.5, 0.6) is 0 Å². The second-order valence-electron chi connectivity index (χ2n) is 6.29. The van der Waals surface area contributed by atoms with Gasteiger partial charge in [0.1, 0.15) is 0 Å². The zero-order chi connectivity index (χ0) is 14.9. The van der Waals surface area contributed by atoms with E-state index in [2.05, 4.69) is 15.3 Å². The first-order valence-corrected chi connectivity index (χ1v) is 7.79. The van der Waals surface area contributed by atoms with Crippen molar-refractivity contribution in [1.29, 1.82) is 0 Å². The Morgan fingerprint density at radius 1 is 1.52 bits per heavy atom. The molecule has 2 N–H and O–H groups in total. The Labute approximate surface area is 125 Å². The average molecular weight is 292 g/mol. The molecule has 2 aliphatic heterocycles. The third-order valence-corrected chi connectivity index (χ3v) is 4.96. The summed E-state index contributed by atoms with van der Waals surface area (Å²) in [5, 5.41) is 17.6. The van der Waals surface area contributed by atoms with Crippen LogP contribution in [0.3, 0.4) is 0 Å². The van der Waals surface area contributed by atoms with Crippen LogP contribution in [0.25, 0.3) is 0 Å². The van der Waals surface area contributed by atoms with Gasteiger partial charge in [-0.15, -0.1) is 0 Å². The summed E-state index contributed by atoms with van der Waals surface area (Å²) in [4.78, 5) is 14.6. The molecule has 1 aromatic rings. The van der Waals surface area contributed by atoms with Crippen LogP contribution in [0.1, 0.15) is 25.0 Å². The van der Waals surface area contributed by atoms with Crippen LogP contribution in [0.4, 0.5) is 0 Å². The highest BCUT2D eigenvalue weighted by atomic mass is 16.3. The molecule has 3 rings (SSSR count). The number of piperidine rings is 2. The van der Waals surface area contributed by atoms with Crippen LogP contribution < -0.4 is 5.32 Å². The summed E-state index contributed by atoms with van der Waals surface area (Å²) in [5.74, 6) is 0.0289. The van der Waals surface area contributed by atoms with Crippen molar-refractivity contribution >= 4 is 5.91 Å². The van der Waals surface area contributed by atoms with Gasteiger partial charge in [-0.2, -0.15) is 5.10 Å². The van der Waals surface area contributed by atoms with Gasteiger partial charge in [0, 0.05) is 38.1 Å². The van der Waals surface area contributed by atoms with Crippen LogP contribution in [0.2, 0.25) is 0 Å². The minimum Gasteiger partial charge on any atom is -0.392 e. The van der Waals surface area contributed by atoms with E-state index in [1.54, 1.807) is 0 Å². The molecule has 3 heterocycles. The van der Waals surface area contributed by atoms with Crippen molar-refractivity contribution in [2.45, 2.75) is 38.8 Å². The van der Waals surface area contributed by atoms with Gasteiger partial charge in [0.25, 0.3) is 0 Å². The summed E-state index contributed by atoms with van der Waals surface area (Å²) in [5.41, 5.74) is 0.549. The van der Waals surface area contributed by atoms with Crippen molar-refractivity contribution < 1.29 is 9.90 Å². The fourth-order valence-electron chi connectivity index (χ4n) is 3.59. The maximum Gasteiger partial charge on any atom is 0.230 e. The van der Waals surface area contributed by atoms with E-state index in [9.17, 15) is 9.90 Å². The first-order chi connectivity index (χ1) is 10.1. The zero-order valence-electron chi connectivity index (χ0n) is 12.6. The number of rotatable bonds is 3. The normalized spacial score (nSPS) is 30.6. The molecule has 0 unspecified atom stereocenters. The van der Waals surface area contributed by atoms with E-state index < -0.39 is 11.5 Å². The Morgan fingerprint density at radius 3 is 3.10 bits per heavy atom. The first kappa shape index (κ1) is 14.5. The van der Waals surface area contributed by atoms with Crippen LogP contribution >= 0.6 is 0 Å². The molecule has 6 nitrogen and oxygen atoms in total. The molecule has 0 radical (unpaired) electrons. The molecule has 116 valence electrons. The largest absolute Gasteiger partial charge is 0.392 e. The lowest BCUT2D eigenvalue weighted by Gasteiger charge is -2.47. The number of carbonyl (C=O) groups is 1. The number of aliphatic hydroxyl groups is 1. The van der Waals surface area contributed by atoms with E-state index in [0.29, 0.717) is 13.0 Å². The standard InChI is InChI=1S/C15H24N4O2/c1-12-3-7-17-19(12)10-9-18-8-4-13(20)15(11-18)5-2-6-16-14(15)21/h3,7,13,20H,2,4-6,8-11H2,1H3,(H,16,21)/t13-,15+/m0/s1. The van der Waals surface area contributed by atoms with Gasteiger partial charge in [0.15, 0.2) is 0 Å². The number of nitrogens with zero attached hydrogens (tertiary/aromatic N) is 3. The summed E-state index contributed by atoms with van der Waals surface area (Å²) in [6.45, 7) is 5.97. The summed E-state index contributed by atoms with van der Waals surface area (Å²) in [7, 11) is 0. The monoisotopic (exact) mass is 292 g/mol. The molecule has 21 heavy (non-hydrogen) atoms. The van der Waals surface area contributed by atoms with E-state index in [4.69, 9.17) is 0 Å². The number of likely N-dealkylation sites (tertiary alicyclic amines) is 1. The van der Waals surface area contributed by atoms with Gasteiger partial charge < -0.3 is 15.3 Å². The van der Waals surface area contributed by atoms with Gasteiger partial charge in [-0.3, -0.25) is 9.48 Å². The molecule has 0 bridgehead atoms. The molecular formula is C15H24N4O2. The van der Waals surface area contributed by atoms with Crippen LogP contribution in [0.15, 0.2) is 12.3 Å². The molecule has 2 atom stereocenters. The van der Waals surface area contributed by atoms with Crippen molar-refractivity contribution in [3.8, 4) is 0 Å². The number of aryl methyl sites for hydroxylation is 1. The second-order valence-corrected chi connectivity index (χ2v) is 6.29. The molecule has 2 saturated heterocycles. The zero-order valence-corrected chi connectivity index (χ0v) is 12.6. The summed E-state index contributed by atoms with van der Waals surface area (Å²) in [6.07, 6.45) is 3.71. The topological polar surface area (TPSA) is 70.4 Å². The quantitative estimate of drug-likeness (QED) is 0.832. The van der Waals surface area contributed by atoms with Crippen LogP contribution in [-0.4, -0.2) is 58.0 Å². The Kier molecular flexibility index (Phi) is 3.99. The Bertz CT molecular complexity index is 516. The number of aromatic nitrogens is 2. The summed E-state index contributed by atoms with van der Waals surface area (Å²) >= 11 is 0. The van der Waals surface area contributed by atoms with E-state index in [1.807, 2.05) is 23.9 Å². The Hall–Kier alpha value is -1.40. The molecule has 0 aromatic carbocycles. The molecule has 2 fully saturated rings. The highest BCUT2D eigenvalue weighted by molar-refractivity contribution is 5.84. The summed E-state index contributed by atoms with van der Waals surface area (Å²) < 4.78 is 1.98. The molecule has 1 aromatic heterocycles. The second kappa shape index (κ2) is 5.77. The van der Waals surface area contributed by atoms with Gasteiger partial charge in [0.05, 0.1) is 18.1 Å². The van der Waals surface area contributed by atoms with E-state index >= 15 is 0 Å². The molecule has 0 aliphatic carbocycles. The molecule has 1 amide bonds. The highest BCUT2D eigenvalue weighted by Gasteiger charge is 2.49. The van der Waals surface area contributed by atoms with Gasteiger partial charge in [-0.05, 0) is 32.3 Å². The van der Waals surface area contributed by atoms with Crippen molar-refractivity contribution in [2.75, 3.05) is 26.2 Å². The lowest BCUT2D eigenvalue weighted by Crippen LogP contribution is -2.61. The average Bonchev–Trinajstić information content (AvgIpc) is 2.89.